The SMILES string of the molecule is c1ccc(-c2cc(-c3ccc4c(c3)C(c3ccccc3)(c3ccccc3)c3ccccc3-4)nc(-c3ccc(-c4c5ccccc5cc5ccc6ccccc6c45)cc3)n2)cc1. The molecule has 0 bridgehead atoms. The Kier molecular flexibility index (Phi) is 8.11. The molecule has 11 aromatic rings. The van der Waals surface area contributed by atoms with Crippen molar-refractivity contribution in [1.82, 2.24) is 9.97 Å². The fourth-order valence-electron chi connectivity index (χ4n) is 10.0. The molecule has 61 heavy (non-hydrogen) atoms. The topological polar surface area (TPSA) is 25.8 Å². The first-order chi connectivity index (χ1) is 30.2. The maximum atomic E-state index is 5.40. The number of aromatic nitrogens is 2. The molecule has 0 radical (unpaired) electrons. The van der Waals surface area contributed by atoms with Gasteiger partial charge in [-0.1, -0.05) is 212 Å². The minimum absolute atomic E-state index is 0.504. The van der Waals surface area contributed by atoms with Gasteiger partial charge in [0.05, 0.1) is 16.8 Å². The van der Waals surface area contributed by atoms with Crippen LogP contribution in [0, 0.1) is 0 Å². The molecule has 2 nitrogen and oxygen atoms in total. The zero-order valence-electron chi connectivity index (χ0n) is 33.3. The zero-order valence-corrected chi connectivity index (χ0v) is 33.3. The van der Waals surface area contributed by atoms with Gasteiger partial charge in [-0.3, -0.25) is 0 Å². The number of nitrogens with zero attached hydrogens (tertiary/aromatic N) is 2. The number of benzene rings is 10. The predicted molar refractivity (Wildman–Crippen MR) is 254 cm³/mol. The van der Waals surface area contributed by atoms with Crippen LogP contribution in [0.2, 0.25) is 0 Å². The Morgan fingerprint density at radius 3 is 1.59 bits per heavy atom. The number of hydrogen-bond acceptors (Lipinski definition) is 2. The van der Waals surface area contributed by atoms with Gasteiger partial charge in [-0.25, -0.2) is 9.97 Å². The highest BCUT2D eigenvalue weighted by Gasteiger charge is 2.46. The van der Waals surface area contributed by atoms with E-state index in [-0.39, 0.29) is 0 Å². The summed E-state index contributed by atoms with van der Waals surface area (Å²) in [7, 11) is 0. The normalized spacial score (nSPS) is 12.7. The molecular weight excluding hydrogens is 737 g/mol. The van der Waals surface area contributed by atoms with E-state index in [9.17, 15) is 0 Å². The Balaban J connectivity index is 1.04. The third-order valence-electron chi connectivity index (χ3n) is 12.7. The van der Waals surface area contributed by atoms with Crippen molar-refractivity contribution < 1.29 is 0 Å². The lowest BCUT2D eigenvalue weighted by Gasteiger charge is -2.34. The first-order valence-electron chi connectivity index (χ1n) is 21.0. The lowest BCUT2D eigenvalue weighted by Crippen LogP contribution is -2.28. The van der Waals surface area contributed by atoms with E-state index in [1.165, 1.54) is 71.3 Å². The van der Waals surface area contributed by atoms with Crippen LogP contribution in [0.25, 0.3) is 88.5 Å². The Labute approximate surface area is 355 Å². The van der Waals surface area contributed by atoms with E-state index in [1.807, 2.05) is 0 Å². The van der Waals surface area contributed by atoms with Crippen LogP contribution in [0.1, 0.15) is 22.3 Å². The zero-order chi connectivity index (χ0) is 40.3. The lowest BCUT2D eigenvalue weighted by molar-refractivity contribution is 0.768. The van der Waals surface area contributed by atoms with Crippen LogP contribution < -0.4 is 0 Å². The molecule has 0 saturated carbocycles. The second-order valence-electron chi connectivity index (χ2n) is 16.1. The summed E-state index contributed by atoms with van der Waals surface area (Å²) in [5, 5.41) is 7.48. The maximum Gasteiger partial charge on any atom is 0.160 e. The highest BCUT2D eigenvalue weighted by Crippen LogP contribution is 2.56. The van der Waals surface area contributed by atoms with Gasteiger partial charge in [-0.15, -0.1) is 0 Å². The van der Waals surface area contributed by atoms with Gasteiger partial charge in [0.15, 0.2) is 5.82 Å². The van der Waals surface area contributed by atoms with E-state index in [2.05, 4.69) is 231 Å². The molecule has 12 rings (SSSR count). The van der Waals surface area contributed by atoms with Gasteiger partial charge in [0.1, 0.15) is 0 Å². The largest absolute Gasteiger partial charge is 0.228 e. The smallest absolute Gasteiger partial charge is 0.160 e. The van der Waals surface area contributed by atoms with E-state index in [0.717, 1.165) is 33.6 Å². The van der Waals surface area contributed by atoms with Crippen LogP contribution in [0.5, 0.6) is 0 Å². The van der Waals surface area contributed by atoms with Gasteiger partial charge in [0.25, 0.3) is 0 Å². The summed E-state index contributed by atoms with van der Waals surface area (Å²) in [5.74, 6) is 0.692. The Hall–Kier alpha value is -7.94. The second-order valence-corrected chi connectivity index (χ2v) is 16.1. The summed E-state index contributed by atoms with van der Waals surface area (Å²) in [4.78, 5) is 10.7. The second kappa shape index (κ2) is 14.1. The van der Waals surface area contributed by atoms with Crippen LogP contribution >= 0.6 is 0 Å². The first kappa shape index (κ1) is 35.0. The van der Waals surface area contributed by atoms with E-state index < -0.39 is 5.41 Å². The molecule has 0 spiro atoms. The summed E-state index contributed by atoms with van der Waals surface area (Å²) >= 11 is 0. The summed E-state index contributed by atoms with van der Waals surface area (Å²) in [6, 6.07) is 83.5. The average molecular weight is 775 g/mol. The molecule has 2 heteroatoms. The van der Waals surface area contributed by atoms with Crippen molar-refractivity contribution in [2.45, 2.75) is 5.41 Å². The van der Waals surface area contributed by atoms with Gasteiger partial charge < -0.3 is 0 Å². The van der Waals surface area contributed by atoms with E-state index in [4.69, 9.17) is 9.97 Å². The fourth-order valence-corrected chi connectivity index (χ4v) is 10.0. The molecule has 1 aliphatic rings. The summed E-state index contributed by atoms with van der Waals surface area (Å²) in [6.07, 6.45) is 0. The predicted octanol–water partition coefficient (Wildman–Crippen LogP) is 15.0. The van der Waals surface area contributed by atoms with Crippen LogP contribution in [0.3, 0.4) is 0 Å². The fraction of sp³-hybridized carbons (Fsp3) is 0.0169. The highest BCUT2D eigenvalue weighted by atomic mass is 14.9. The standard InChI is InChI=1S/C59H38N2/c1-4-17-40(18-5-1)54-38-55(44-34-35-51-50-26-14-15-27-52(50)59(53(51)37-44,46-20-6-2-7-21-46)47-22-8-3-9-23-47)61-58(60-54)42-31-29-41(30-32-42)56-49-25-13-11-19-43(49)36-45-33-28-39-16-10-12-24-48(39)57(45)56/h1-38H. The Morgan fingerprint density at radius 1 is 0.311 bits per heavy atom. The maximum absolute atomic E-state index is 5.40. The van der Waals surface area contributed by atoms with Gasteiger partial charge in [-0.2, -0.15) is 0 Å². The van der Waals surface area contributed by atoms with E-state index >= 15 is 0 Å². The third kappa shape index (κ3) is 5.57. The lowest BCUT2D eigenvalue weighted by atomic mass is 9.67. The number of rotatable bonds is 6. The minimum atomic E-state index is -0.504. The van der Waals surface area contributed by atoms with Gasteiger partial charge in [0.2, 0.25) is 0 Å². The number of hydrogen-bond donors (Lipinski definition) is 0. The van der Waals surface area contributed by atoms with Gasteiger partial charge >= 0.3 is 0 Å². The quantitative estimate of drug-likeness (QED) is 0.124. The minimum Gasteiger partial charge on any atom is -0.228 e. The highest BCUT2D eigenvalue weighted by molar-refractivity contribution is 6.22. The Morgan fingerprint density at radius 2 is 0.852 bits per heavy atom. The van der Waals surface area contributed by atoms with Crippen LogP contribution in [-0.4, -0.2) is 9.97 Å². The molecule has 1 heterocycles. The summed E-state index contributed by atoms with van der Waals surface area (Å²) in [6.45, 7) is 0. The monoisotopic (exact) mass is 774 g/mol. The molecule has 0 N–H and O–H groups in total. The molecule has 0 unspecified atom stereocenters. The summed E-state index contributed by atoms with van der Waals surface area (Å²) in [5.41, 5.74) is 14.3. The molecule has 10 aromatic carbocycles. The molecular formula is C59H38N2. The van der Waals surface area contributed by atoms with Crippen molar-refractivity contribution in [3.8, 4) is 56.2 Å². The molecule has 0 amide bonds. The Bertz CT molecular complexity index is 3410. The summed E-state index contributed by atoms with van der Waals surface area (Å²) < 4.78 is 0. The van der Waals surface area contributed by atoms with Gasteiger partial charge in [0, 0.05) is 16.7 Å². The molecule has 0 fully saturated rings. The molecule has 0 saturated heterocycles. The average Bonchev–Trinajstić information content (AvgIpc) is 3.64. The van der Waals surface area contributed by atoms with Crippen molar-refractivity contribution >= 4 is 32.3 Å². The van der Waals surface area contributed by atoms with Crippen molar-refractivity contribution in [1.29, 1.82) is 0 Å². The van der Waals surface area contributed by atoms with Crippen LogP contribution in [0.15, 0.2) is 231 Å². The first-order valence-corrected chi connectivity index (χ1v) is 21.0. The number of fused-ring (bicyclic) bond motifs is 7. The van der Waals surface area contributed by atoms with Crippen molar-refractivity contribution in [2.24, 2.45) is 0 Å². The van der Waals surface area contributed by atoms with Crippen molar-refractivity contribution in [2.75, 3.05) is 0 Å². The third-order valence-corrected chi connectivity index (χ3v) is 12.7. The van der Waals surface area contributed by atoms with E-state index in [1.54, 1.807) is 0 Å². The van der Waals surface area contributed by atoms with Gasteiger partial charge in [-0.05, 0) is 95.0 Å². The van der Waals surface area contributed by atoms with E-state index in [0.29, 0.717) is 5.82 Å². The molecule has 1 aromatic heterocycles. The molecule has 284 valence electrons. The van der Waals surface area contributed by atoms with Crippen molar-refractivity contribution in [3.05, 3.63) is 253 Å². The van der Waals surface area contributed by atoms with Crippen molar-refractivity contribution in [3.63, 3.8) is 0 Å². The molecule has 0 atom stereocenters. The van der Waals surface area contributed by atoms with Crippen LogP contribution in [0.4, 0.5) is 0 Å². The molecule has 0 aliphatic heterocycles. The van der Waals surface area contributed by atoms with Crippen LogP contribution in [-0.2, 0) is 5.41 Å². The molecule has 1 aliphatic carbocycles.